The van der Waals surface area contributed by atoms with E-state index >= 15 is 0 Å². The number of hydrogen-bond donors (Lipinski definition) is 7. The topological polar surface area (TPSA) is 238 Å². The van der Waals surface area contributed by atoms with Crippen molar-refractivity contribution in [1.29, 1.82) is 0 Å². The van der Waals surface area contributed by atoms with Gasteiger partial charge in [0.1, 0.15) is 24.2 Å². The molecule has 0 radical (unpaired) electrons. The first-order valence-electron chi connectivity index (χ1n) is 18.7. The molecule has 5 amide bonds. The summed E-state index contributed by atoms with van der Waals surface area (Å²) in [5.74, 6) is -3.89. The molecular weight excluding hydrogens is 668 g/mol. The average Bonchev–Trinajstić information content (AvgIpc) is 3.48. The number of aliphatic imine (C=N–C) groups is 1. The fourth-order valence-corrected chi connectivity index (χ4v) is 7.63. The molecule has 3 fully saturated rings. The molecule has 1 unspecified atom stereocenters. The molecular formula is C37H56N8O7. The van der Waals surface area contributed by atoms with Crippen LogP contribution >= 0.6 is 0 Å². The van der Waals surface area contributed by atoms with E-state index in [1.54, 1.807) is 4.90 Å². The number of carbonyl (C=O) groups is 6. The lowest BCUT2D eigenvalue weighted by Crippen LogP contribution is -2.61. The highest BCUT2D eigenvalue weighted by atomic mass is 16.4. The van der Waals surface area contributed by atoms with Crippen LogP contribution in [0.5, 0.6) is 0 Å². The molecule has 15 heteroatoms. The first kappa shape index (κ1) is 40.1. The molecule has 1 aliphatic carbocycles. The van der Waals surface area contributed by atoms with E-state index < -0.39 is 54.3 Å². The van der Waals surface area contributed by atoms with Gasteiger partial charge in [-0.25, -0.2) is 0 Å². The van der Waals surface area contributed by atoms with Crippen LogP contribution in [0.3, 0.4) is 0 Å². The Morgan fingerprint density at radius 3 is 2.29 bits per heavy atom. The number of amides is 5. The minimum Gasteiger partial charge on any atom is -0.481 e. The molecule has 2 aliphatic heterocycles. The van der Waals surface area contributed by atoms with E-state index in [-0.39, 0.29) is 67.5 Å². The minimum atomic E-state index is -1.39. The molecule has 15 nitrogen and oxygen atoms in total. The van der Waals surface area contributed by atoms with Crippen LogP contribution in [0.15, 0.2) is 35.3 Å². The number of rotatable bonds is 17. The Labute approximate surface area is 305 Å². The van der Waals surface area contributed by atoms with Crippen LogP contribution in [0.25, 0.3) is 0 Å². The van der Waals surface area contributed by atoms with Crippen molar-refractivity contribution in [2.24, 2.45) is 34.2 Å². The number of carbonyl (C=O) groups excluding carboxylic acids is 5. The zero-order chi connectivity index (χ0) is 37.8. The van der Waals surface area contributed by atoms with Crippen molar-refractivity contribution in [2.45, 2.75) is 121 Å². The number of guanidine groups is 1. The van der Waals surface area contributed by atoms with Gasteiger partial charge in [0, 0.05) is 25.0 Å². The number of piperidine rings is 1. The number of benzene rings is 1. The maximum atomic E-state index is 14.2. The smallest absolute Gasteiger partial charge is 0.305 e. The van der Waals surface area contributed by atoms with Crippen LogP contribution in [0.4, 0.5) is 0 Å². The van der Waals surface area contributed by atoms with Crippen LogP contribution < -0.4 is 32.7 Å². The summed E-state index contributed by atoms with van der Waals surface area (Å²) in [6.07, 6.45) is 6.40. The lowest BCUT2D eigenvalue weighted by atomic mass is 9.86. The molecule has 286 valence electrons. The Morgan fingerprint density at radius 2 is 1.63 bits per heavy atom. The van der Waals surface area contributed by atoms with Gasteiger partial charge in [-0.1, -0.05) is 63.4 Å². The minimum absolute atomic E-state index is 0.0455. The van der Waals surface area contributed by atoms with E-state index in [2.05, 4.69) is 26.3 Å². The zero-order valence-corrected chi connectivity index (χ0v) is 30.4. The van der Waals surface area contributed by atoms with Crippen molar-refractivity contribution in [3.8, 4) is 0 Å². The molecule has 4 rings (SSSR count). The van der Waals surface area contributed by atoms with Gasteiger partial charge in [-0.3, -0.25) is 33.8 Å². The lowest BCUT2D eigenvalue weighted by Gasteiger charge is -2.39. The standard InChI is InChI=1S/C37H56N8O7/c1-22(2)21-41-33(49)28(20-31(46)47)44-34(50)26(14-9-17-40-37(38)39)42-35(51)30-19-25(18-23-10-5-3-6-11-23)29-16-15-27(36(52)45(29)30)43-32(48)24-12-7-4-8-13-24/h3,5-6,10-11,22,24-30H,4,7-9,12-21H2,1-2H3,(H,41,49)(H,42,51)(H,43,48)(H,44,50)(H,46,47)(H4,38,39,40)/t25-,26+,27-,28+,29?,30+/m1/s1. The van der Waals surface area contributed by atoms with E-state index in [4.69, 9.17) is 11.5 Å². The van der Waals surface area contributed by atoms with Gasteiger partial charge in [0.15, 0.2) is 5.96 Å². The van der Waals surface area contributed by atoms with E-state index in [9.17, 15) is 33.9 Å². The molecule has 3 aliphatic rings. The van der Waals surface area contributed by atoms with Gasteiger partial charge < -0.3 is 42.7 Å². The van der Waals surface area contributed by atoms with E-state index in [1.165, 1.54) is 0 Å². The van der Waals surface area contributed by atoms with Gasteiger partial charge in [-0.2, -0.15) is 0 Å². The predicted octanol–water partition coefficient (Wildman–Crippen LogP) is 0.944. The number of nitrogens with one attached hydrogen (secondary N) is 4. The highest BCUT2D eigenvalue weighted by molar-refractivity contribution is 5.97. The Hall–Kier alpha value is -4.69. The molecule has 0 aromatic heterocycles. The normalized spacial score (nSPS) is 22.8. The van der Waals surface area contributed by atoms with Crippen LogP contribution in [-0.2, 0) is 35.2 Å². The second kappa shape index (κ2) is 19.2. The number of carboxylic acids is 1. The first-order chi connectivity index (χ1) is 24.8. The monoisotopic (exact) mass is 724 g/mol. The number of aliphatic carboxylic acids is 1. The Bertz CT molecular complexity index is 1440. The quantitative estimate of drug-likeness (QED) is 0.0687. The molecule has 1 aromatic carbocycles. The van der Waals surface area contributed by atoms with Crippen molar-refractivity contribution in [3.05, 3.63) is 35.9 Å². The van der Waals surface area contributed by atoms with Crippen molar-refractivity contribution in [2.75, 3.05) is 13.1 Å². The van der Waals surface area contributed by atoms with Crippen molar-refractivity contribution >= 4 is 41.5 Å². The van der Waals surface area contributed by atoms with Crippen molar-refractivity contribution < 1.29 is 33.9 Å². The van der Waals surface area contributed by atoms with Crippen LogP contribution in [0, 0.1) is 17.8 Å². The first-order valence-corrected chi connectivity index (χ1v) is 18.7. The second-order valence-corrected chi connectivity index (χ2v) is 14.8. The van der Waals surface area contributed by atoms with Crippen LogP contribution in [-0.4, -0.2) is 94.8 Å². The third-order valence-electron chi connectivity index (χ3n) is 10.3. The molecule has 6 atom stereocenters. The van der Waals surface area contributed by atoms with Crippen molar-refractivity contribution in [3.63, 3.8) is 0 Å². The molecule has 2 heterocycles. The summed E-state index contributed by atoms with van der Waals surface area (Å²) in [6, 6.07) is 5.35. The molecule has 2 saturated heterocycles. The van der Waals surface area contributed by atoms with Gasteiger partial charge in [0.25, 0.3) is 0 Å². The summed E-state index contributed by atoms with van der Waals surface area (Å²) in [5.41, 5.74) is 12.0. The van der Waals surface area contributed by atoms with Gasteiger partial charge >= 0.3 is 5.97 Å². The summed E-state index contributed by atoms with van der Waals surface area (Å²) in [6.45, 7) is 4.20. The maximum absolute atomic E-state index is 14.2. The number of nitrogens with zero attached hydrogens (tertiary/aromatic N) is 2. The molecule has 1 aromatic rings. The molecule has 1 saturated carbocycles. The second-order valence-electron chi connectivity index (χ2n) is 14.8. The molecule has 0 spiro atoms. The van der Waals surface area contributed by atoms with E-state index in [0.29, 0.717) is 25.7 Å². The summed E-state index contributed by atoms with van der Waals surface area (Å²) in [5, 5.41) is 20.5. The van der Waals surface area contributed by atoms with Crippen LogP contribution in [0.1, 0.15) is 90.0 Å². The van der Waals surface area contributed by atoms with E-state index in [0.717, 1.165) is 37.7 Å². The fourth-order valence-electron chi connectivity index (χ4n) is 7.63. The summed E-state index contributed by atoms with van der Waals surface area (Å²) in [4.78, 5) is 85.4. The molecule has 0 bridgehead atoms. The molecule has 9 N–H and O–H groups in total. The number of fused-ring (bicyclic) bond motifs is 1. The fraction of sp³-hybridized carbons (Fsp3) is 0.649. The van der Waals surface area contributed by atoms with Crippen LogP contribution in [0.2, 0.25) is 0 Å². The Morgan fingerprint density at radius 1 is 0.923 bits per heavy atom. The van der Waals surface area contributed by atoms with Gasteiger partial charge in [0.05, 0.1) is 6.42 Å². The Balaban J connectivity index is 1.55. The SMILES string of the molecule is CC(C)CNC(=O)[C@H](CC(=O)O)NC(=O)[C@H](CCCN=C(N)N)NC(=O)[C@@H]1C[C@@H](Cc2ccccc2)C2CC[C@@H](NC(=O)C3CCCCC3)C(=O)N21. The predicted molar refractivity (Wildman–Crippen MR) is 194 cm³/mol. The number of carboxylic acid groups (broad SMARTS) is 1. The number of hydrogen-bond acceptors (Lipinski definition) is 7. The summed E-state index contributed by atoms with van der Waals surface area (Å²) >= 11 is 0. The number of nitrogens with two attached hydrogens (primary N) is 2. The van der Waals surface area contributed by atoms with E-state index in [1.807, 2.05) is 44.2 Å². The van der Waals surface area contributed by atoms with Gasteiger partial charge in [-0.15, -0.1) is 0 Å². The Kier molecular flexibility index (Phi) is 14.8. The summed E-state index contributed by atoms with van der Waals surface area (Å²) in [7, 11) is 0. The zero-order valence-electron chi connectivity index (χ0n) is 30.4. The lowest BCUT2D eigenvalue weighted by molar-refractivity contribution is -0.147. The molecule has 52 heavy (non-hydrogen) atoms. The van der Waals surface area contributed by atoms with Gasteiger partial charge in [-0.05, 0) is 68.8 Å². The highest BCUT2D eigenvalue weighted by Gasteiger charge is 2.51. The third kappa shape index (κ3) is 11.4. The van der Waals surface area contributed by atoms with Crippen molar-refractivity contribution in [1.82, 2.24) is 26.2 Å². The third-order valence-corrected chi connectivity index (χ3v) is 10.3. The average molecular weight is 725 g/mol. The highest BCUT2D eigenvalue weighted by Crippen LogP contribution is 2.39. The maximum Gasteiger partial charge on any atom is 0.305 e. The summed E-state index contributed by atoms with van der Waals surface area (Å²) < 4.78 is 0. The van der Waals surface area contributed by atoms with Gasteiger partial charge in [0.2, 0.25) is 29.5 Å². The largest absolute Gasteiger partial charge is 0.481 e.